The zero-order chi connectivity index (χ0) is 14.8. The second kappa shape index (κ2) is 6.13. The Morgan fingerprint density at radius 3 is 2.86 bits per heavy atom. The van der Waals surface area contributed by atoms with Crippen molar-refractivity contribution in [3.63, 3.8) is 0 Å². The van der Waals surface area contributed by atoms with Crippen molar-refractivity contribution < 1.29 is 4.42 Å². The summed E-state index contributed by atoms with van der Waals surface area (Å²) >= 11 is 3.45. The van der Waals surface area contributed by atoms with E-state index in [0.29, 0.717) is 6.04 Å². The Bertz CT molecular complexity index is 686. The van der Waals surface area contributed by atoms with E-state index in [2.05, 4.69) is 46.7 Å². The molecular formula is C16H18N2OS2. The molecule has 21 heavy (non-hydrogen) atoms. The van der Waals surface area contributed by atoms with Crippen molar-refractivity contribution in [2.75, 3.05) is 7.05 Å². The monoisotopic (exact) mass is 318 g/mol. The maximum Gasteiger partial charge on any atom is 0.227 e. The van der Waals surface area contributed by atoms with Crippen LogP contribution in [0.5, 0.6) is 0 Å². The van der Waals surface area contributed by atoms with Gasteiger partial charge in [0.25, 0.3) is 0 Å². The lowest BCUT2D eigenvalue weighted by Gasteiger charge is -2.22. The molecule has 0 saturated carbocycles. The molecule has 110 valence electrons. The number of hydrogen-bond donors (Lipinski definition) is 0. The van der Waals surface area contributed by atoms with Gasteiger partial charge in [0.2, 0.25) is 5.89 Å². The van der Waals surface area contributed by atoms with Gasteiger partial charge in [-0.05, 0) is 43.8 Å². The number of oxazole rings is 1. The summed E-state index contributed by atoms with van der Waals surface area (Å²) < 4.78 is 5.80. The molecule has 0 aliphatic heterocycles. The topological polar surface area (TPSA) is 29.3 Å². The molecule has 0 bridgehead atoms. The van der Waals surface area contributed by atoms with E-state index in [9.17, 15) is 0 Å². The van der Waals surface area contributed by atoms with E-state index in [0.717, 1.165) is 29.5 Å². The minimum Gasteiger partial charge on any atom is -0.441 e. The van der Waals surface area contributed by atoms with Crippen LogP contribution in [-0.2, 0) is 6.54 Å². The smallest absolute Gasteiger partial charge is 0.227 e. The first-order valence-electron chi connectivity index (χ1n) is 6.87. The van der Waals surface area contributed by atoms with Crippen LogP contribution in [0.2, 0.25) is 0 Å². The maximum absolute atomic E-state index is 5.80. The van der Waals surface area contributed by atoms with Gasteiger partial charge in [-0.1, -0.05) is 6.07 Å². The lowest BCUT2D eigenvalue weighted by molar-refractivity contribution is 0.252. The van der Waals surface area contributed by atoms with E-state index >= 15 is 0 Å². The normalized spacial score (nSPS) is 13.0. The first-order chi connectivity index (χ1) is 10.1. The third-order valence-corrected chi connectivity index (χ3v) is 5.40. The molecular weight excluding hydrogens is 300 g/mol. The highest BCUT2D eigenvalue weighted by atomic mass is 32.1. The first-order valence-corrected chi connectivity index (χ1v) is 8.70. The SMILES string of the molecule is Cc1oc(-c2ccsc2)nc1CN(C)[C@@H](C)c1cccs1. The summed E-state index contributed by atoms with van der Waals surface area (Å²) in [5, 5.41) is 6.22. The van der Waals surface area contributed by atoms with E-state index in [4.69, 9.17) is 4.42 Å². The fraction of sp³-hybridized carbons (Fsp3) is 0.312. The van der Waals surface area contributed by atoms with Crippen LogP contribution in [-0.4, -0.2) is 16.9 Å². The third kappa shape index (κ3) is 3.10. The number of aryl methyl sites for hydroxylation is 1. The summed E-state index contributed by atoms with van der Waals surface area (Å²) in [6, 6.07) is 6.70. The van der Waals surface area contributed by atoms with Crippen molar-refractivity contribution in [1.29, 1.82) is 0 Å². The van der Waals surface area contributed by atoms with Crippen LogP contribution >= 0.6 is 22.7 Å². The highest BCUT2D eigenvalue weighted by molar-refractivity contribution is 7.10. The van der Waals surface area contributed by atoms with Crippen molar-refractivity contribution in [2.45, 2.75) is 26.4 Å². The van der Waals surface area contributed by atoms with Gasteiger partial charge in [-0.15, -0.1) is 11.3 Å². The molecule has 0 amide bonds. The standard InChI is InChI=1S/C16H18N2OS2/c1-11(15-5-4-7-21-15)18(3)9-14-12(2)19-16(17-14)13-6-8-20-10-13/h4-8,10-11H,9H2,1-3H3/t11-/m0/s1. The molecule has 1 atom stereocenters. The summed E-state index contributed by atoms with van der Waals surface area (Å²) in [4.78, 5) is 8.33. The van der Waals surface area contributed by atoms with Crippen molar-refractivity contribution >= 4 is 22.7 Å². The Morgan fingerprint density at radius 2 is 2.19 bits per heavy atom. The van der Waals surface area contributed by atoms with Gasteiger partial charge in [-0.3, -0.25) is 4.90 Å². The molecule has 0 radical (unpaired) electrons. The van der Waals surface area contributed by atoms with Crippen molar-refractivity contribution in [1.82, 2.24) is 9.88 Å². The zero-order valence-corrected chi connectivity index (χ0v) is 14.0. The highest BCUT2D eigenvalue weighted by Gasteiger charge is 2.17. The molecule has 3 aromatic rings. The van der Waals surface area contributed by atoms with Gasteiger partial charge >= 0.3 is 0 Å². The van der Waals surface area contributed by atoms with E-state index in [1.807, 2.05) is 18.4 Å². The summed E-state index contributed by atoms with van der Waals surface area (Å²) in [5.41, 5.74) is 2.07. The summed E-state index contributed by atoms with van der Waals surface area (Å²) in [6.45, 7) is 5.00. The number of nitrogens with zero attached hydrogens (tertiary/aromatic N) is 2. The van der Waals surface area contributed by atoms with Crippen LogP contribution in [0, 0.1) is 6.92 Å². The average molecular weight is 318 g/mol. The van der Waals surface area contributed by atoms with Gasteiger partial charge < -0.3 is 4.42 Å². The van der Waals surface area contributed by atoms with Crippen LogP contribution in [0.25, 0.3) is 11.5 Å². The van der Waals surface area contributed by atoms with E-state index in [-0.39, 0.29) is 0 Å². The van der Waals surface area contributed by atoms with Crippen molar-refractivity contribution in [3.8, 4) is 11.5 Å². The molecule has 5 heteroatoms. The second-order valence-corrected chi connectivity index (χ2v) is 6.90. The summed E-state index contributed by atoms with van der Waals surface area (Å²) in [7, 11) is 2.13. The van der Waals surface area contributed by atoms with E-state index < -0.39 is 0 Å². The highest BCUT2D eigenvalue weighted by Crippen LogP contribution is 2.27. The van der Waals surface area contributed by atoms with Crippen molar-refractivity contribution in [3.05, 3.63) is 50.7 Å². The Hall–Kier alpha value is -1.43. The lowest BCUT2D eigenvalue weighted by atomic mass is 10.2. The molecule has 3 rings (SSSR count). The van der Waals surface area contributed by atoms with Gasteiger partial charge in [0, 0.05) is 28.4 Å². The second-order valence-electron chi connectivity index (χ2n) is 5.14. The van der Waals surface area contributed by atoms with Crippen LogP contribution in [0.1, 0.15) is 29.3 Å². The third-order valence-electron chi connectivity index (χ3n) is 3.68. The number of rotatable bonds is 5. The summed E-state index contributed by atoms with van der Waals surface area (Å²) in [6.07, 6.45) is 0. The Balaban J connectivity index is 1.76. The van der Waals surface area contributed by atoms with Crippen LogP contribution < -0.4 is 0 Å². The van der Waals surface area contributed by atoms with E-state index in [1.165, 1.54) is 4.88 Å². The molecule has 0 spiro atoms. The van der Waals surface area contributed by atoms with Crippen LogP contribution in [0.3, 0.4) is 0 Å². The molecule has 0 aliphatic carbocycles. The van der Waals surface area contributed by atoms with Crippen LogP contribution in [0.15, 0.2) is 38.8 Å². The molecule has 0 fully saturated rings. The summed E-state index contributed by atoms with van der Waals surface area (Å²) in [5.74, 6) is 1.63. The maximum atomic E-state index is 5.80. The lowest BCUT2D eigenvalue weighted by Crippen LogP contribution is -2.21. The van der Waals surface area contributed by atoms with Gasteiger partial charge in [0.15, 0.2) is 0 Å². The molecule has 3 aromatic heterocycles. The molecule has 3 heterocycles. The quantitative estimate of drug-likeness (QED) is 0.665. The molecule has 0 aromatic carbocycles. The predicted octanol–water partition coefficient (Wildman–Crippen LogP) is 4.97. The fourth-order valence-electron chi connectivity index (χ4n) is 2.20. The minimum atomic E-state index is 0.380. The van der Waals surface area contributed by atoms with E-state index in [1.54, 1.807) is 22.7 Å². The van der Waals surface area contributed by atoms with Gasteiger partial charge in [0.05, 0.1) is 5.69 Å². The molecule has 3 nitrogen and oxygen atoms in total. The molecule has 0 saturated heterocycles. The zero-order valence-electron chi connectivity index (χ0n) is 12.4. The Kier molecular flexibility index (Phi) is 4.24. The molecule has 0 unspecified atom stereocenters. The Morgan fingerprint density at radius 1 is 1.33 bits per heavy atom. The van der Waals surface area contributed by atoms with Crippen molar-refractivity contribution in [2.24, 2.45) is 0 Å². The Labute approximate surface area is 132 Å². The van der Waals surface area contributed by atoms with Gasteiger partial charge in [-0.25, -0.2) is 4.98 Å². The average Bonchev–Trinajstić information content (AvgIpc) is 3.20. The first kappa shape index (κ1) is 14.5. The predicted molar refractivity (Wildman–Crippen MR) is 88.8 cm³/mol. The largest absolute Gasteiger partial charge is 0.441 e. The molecule has 0 N–H and O–H groups in total. The van der Waals surface area contributed by atoms with Gasteiger partial charge in [-0.2, -0.15) is 11.3 Å². The molecule has 0 aliphatic rings. The minimum absolute atomic E-state index is 0.380. The van der Waals surface area contributed by atoms with Crippen LogP contribution in [0.4, 0.5) is 0 Å². The fourth-order valence-corrected chi connectivity index (χ4v) is 3.68. The number of hydrogen-bond acceptors (Lipinski definition) is 5. The number of aromatic nitrogens is 1. The number of thiophene rings is 2. The van der Waals surface area contributed by atoms with Gasteiger partial charge in [0.1, 0.15) is 5.76 Å².